The number of rotatable bonds is 6. The zero-order chi connectivity index (χ0) is 22.2. The molecule has 0 saturated heterocycles. The molecule has 8 nitrogen and oxygen atoms in total. The fourth-order valence-electron chi connectivity index (χ4n) is 3.22. The topological polar surface area (TPSA) is 111 Å². The number of hydrogen-bond donors (Lipinski definition) is 1. The minimum atomic E-state index is -3.68. The van der Waals surface area contributed by atoms with Crippen molar-refractivity contribution in [1.82, 2.24) is 14.3 Å². The molecule has 11 heteroatoms. The van der Waals surface area contributed by atoms with Crippen molar-refractivity contribution in [1.29, 1.82) is 0 Å². The van der Waals surface area contributed by atoms with E-state index >= 15 is 0 Å². The summed E-state index contributed by atoms with van der Waals surface area (Å²) in [7, 11) is -3.68. The van der Waals surface area contributed by atoms with E-state index < -0.39 is 26.8 Å². The zero-order valence-electron chi connectivity index (χ0n) is 16.0. The van der Waals surface area contributed by atoms with Crippen LogP contribution in [0.4, 0.5) is 0 Å². The highest BCUT2D eigenvalue weighted by molar-refractivity contribution is 7.90. The zero-order valence-corrected chi connectivity index (χ0v) is 18.3. The van der Waals surface area contributed by atoms with Crippen molar-refractivity contribution in [3.63, 3.8) is 0 Å². The standard InChI is InChI=1S/C19H17Cl2N3O5S/c1-3-24-12(10-23-7-6-16(21)22-23)9-14(25)17(19(26)27)18(24)11-4-5-13(20)15(8-11)30(2,28)29/h4-9H,3,10H2,1-2H3,(H,26,27). The minimum Gasteiger partial charge on any atom is -0.477 e. The summed E-state index contributed by atoms with van der Waals surface area (Å²) in [6.07, 6.45) is 2.63. The summed E-state index contributed by atoms with van der Waals surface area (Å²) in [6, 6.07) is 6.95. The highest BCUT2D eigenvalue weighted by atomic mass is 35.5. The van der Waals surface area contributed by atoms with E-state index in [4.69, 9.17) is 23.2 Å². The lowest BCUT2D eigenvalue weighted by Crippen LogP contribution is -2.24. The second-order valence-electron chi connectivity index (χ2n) is 6.53. The molecule has 158 valence electrons. The fourth-order valence-corrected chi connectivity index (χ4v) is 4.68. The number of nitrogens with zero attached hydrogens (tertiary/aromatic N) is 3. The Morgan fingerprint density at radius 2 is 1.90 bits per heavy atom. The maximum atomic E-state index is 12.7. The quantitative estimate of drug-likeness (QED) is 0.593. The van der Waals surface area contributed by atoms with Gasteiger partial charge in [-0.25, -0.2) is 13.2 Å². The van der Waals surface area contributed by atoms with Crippen molar-refractivity contribution in [2.75, 3.05) is 6.26 Å². The summed E-state index contributed by atoms with van der Waals surface area (Å²) in [5.74, 6) is -1.42. The molecule has 0 amide bonds. The molecule has 0 atom stereocenters. The van der Waals surface area contributed by atoms with Gasteiger partial charge in [-0.3, -0.25) is 9.48 Å². The number of pyridine rings is 1. The Balaban J connectivity index is 2.34. The number of sulfone groups is 1. The second kappa shape index (κ2) is 8.25. The van der Waals surface area contributed by atoms with Gasteiger partial charge in [0.2, 0.25) is 0 Å². The first-order valence-electron chi connectivity index (χ1n) is 8.72. The van der Waals surface area contributed by atoms with E-state index in [1.807, 2.05) is 0 Å². The van der Waals surface area contributed by atoms with Gasteiger partial charge in [-0.05, 0) is 25.1 Å². The van der Waals surface area contributed by atoms with E-state index in [0.717, 1.165) is 6.26 Å². The van der Waals surface area contributed by atoms with Crippen molar-refractivity contribution in [2.45, 2.75) is 24.9 Å². The summed E-state index contributed by atoms with van der Waals surface area (Å²) in [5.41, 5.74) is -0.339. The van der Waals surface area contributed by atoms with Crippen LogP contribution < -0.4 is 5.43 Å². The molecule has 0 spiro atoms. The summed E-state index contributed by atoms with van der Waals surface area (Å²) in [5, 5.41) is 14.1. The molecule has 0 saturated carbocycles. The Kier molecular flexibility index (Phi) is 6.07. The lowest BCUT2D eigenvalue weighted by Gasteiger charge is -2.20. The highest BCUT2D eigenvalue weighted by Crippen LogP contribution is 2.30. The van der Waals surface area contributed by atoms with Crippen LogP contribution in [0.25, 0.3) is 11.3 Å². The van der Waals surface area contributed by atoms with Gasteiger partial charge in [0, 0.05) is 36.3 Å². The van der Waals surface area contributed by atoms with E-state index in [0.29, 0.717) is 12.2 Å². The summed E-state index contributed by atoms with van der Waals surface area (Å²) < 4.78 is 27.3. The molecule has 1 aromatic carbocycles. The Hall–Kier alpha value is -2.62. The molecule has 2 aromatic heterocycles. The molecule has 3 aromatic rings. The van der Waals surface area contributed by atoms with Crippen molar-refractivity contribution >= 4 is 39.0 Å². The second-order valence-corrected chi connectivity index (χ2v) is 9.30. The monoisotopic (exact) mass is 469 g/mol. The maximum Gasteiger partial charge on any atom is 0.341 e. The molecule has 30 heavy (non-hydrogen) atoms. The first-order valence-corrected chi connectivity index (χ1v) is 11.4. The first-order chi connectivity index (χ1) is 14.0. The van der Waals surface area contributed by atoms with Gasteiger partial charge in [-0.15, -0.1) is 0 Å². The van der Waals surface area contributed by atoms with E-state index in [1.54, 1.807) is 23.8 Å². The molecular weight excluding hydrogens is 453 g/mol. The van der Waals surface area contributed by atoms with Gasteiger partial charge in [0.15, 0.2) is 20.4 Å². The molecular formula is C19H17Cl2N3O5S. The molecule has 0 aliphatic heterocycles. The third-order valence-corrected chi connectivity index (χ3v) is 6.24. The Morgan fingerprint density at radius 1 is 1.20 bits per heavy atom. The maximum absolute atomic E-state index is 12.7. The number of carboxylic acids is 1. The smallest absolute Gasteiger partial charge is 0.341 e. The van der Waals surface area contributed by atoms with Crippen LogP contribution in [0.5, 0.6) is 0 Å². The van der Waals surface area contributed by atoms with E-state index in [-0.39, 0.29) is 32.9 Å². The van der Waals surface area contributed by atoms with Crippen molar-refractivity contribution in [2.24, 2.45) is 0 Å². The highest BCUT2D eigenvalue weighted by Gasteiger charge is 2.24. The number of hydrogen-bond acceptors (Lipinski definition) is 5. The fraction of sp³-hybridized carbons (Fsp3) is 0.211. The molecule has 0 unspecified atom stereocenters. The molecule has 3 rings (SSSR count). The summed E-state index contributed by atoms with van der Waals surface area (Å²) in [6.45, 7) is 2.26. The molecule has 0 bridgehead atoms. The number of aromatic nitrogens is 3. The summed E-state index contributed by atoms with van der Waals surface area (Å²) >= 11 is 11.9. The predicted octanol–water partition coefficient (Wildman–Crippen LogP) is 3.19. The molecule has 0 aliphatic carbocycles. The number of carbonyl (C=O) groups is 1. The normalized spacial score (nSPS) is 11.6. The van der Waals surface area contributed by atoms with Crippen molar-refractivity contribution in [3.8, 4) is 11.3 Å². The predicted molar refractivity (Wildman–Crippen MR) is 113 cm³/mol. The number of halogens is 2. The van der Waals surface area contributed by atoms with Crippen LogP contribution in [0.15, 0.2) is 46.2 Å². The van der Waals surface area contributed by atoms with Gasteiger partial charge in [0.25, 0.3) is 0 Å². The van der Waals surface area contributed by atoms with Crippen LogP contribution in [0.1, 0.15) is 23.0 Å². The van der Waals surface area contributed by atoms with Crippen molar-refractivity contribution < 1.29 is 18.3 Å². The molecule has 1 N–H and O–H groups in total. The van der Waals surface area contributed by atoms with E-state index in [1.165, 1.54) is 28.9 Å². The Morgan fingerprint density at radius 3 is 2.43 bits per heavy atom. The lowest BCUT2D eigenvalue weighted by molar-refractivity contribution is 0.0695. The van der Waals surface area contributed by atoms with E-state index in [2.05, 4.69) is 5.10 Å². The third kappa shape index (κ3) is 4.28. The average molecular weight is 470 g/mol. The van der Waals surface area contributed by atoms with Gasteiger partial charge >= 0.3 is 5.97 Å². The van der Waals surface area contributed by atoms with Gasteiger partial charge in [-0.2, -0.15) is 5.10 Å². The van der Waals surface area contributed by atoms with Crippen LogP contribution in [0, 0.1) is 0 Å². The van der Waals surface area contributed by atoms with Crippen LogP contribution in [-0.2, 0) is 22.9 Å². The van der Waals surface area contributed by atoms with E-state index in [9.17, 15) is 23.1 Å². The third-order valence-electron chi connectivity index (χ3n) is 4.46. The van der Waals surface area contributed by atoms with Gasteiger partial charge in [-0.1, -0.05) is 29.3 Å². The number of benzene rings is 1. The van der Waals surface area contributed by atoms with Gasteiger partial charge < -0.3 is 9.67 Å². The average Bonchev–Trinajstić information content (AvgIpc) is 3.05. The Labute approximate surface area is 182 Å². The van der Waals surface area contributed by atoms with Crippen LogP contribution >= 0.6 is 23.2 Å². The van der Waals surface area contributed by atoms with Gasteiger partial charge in [0.05, 0.1) is 22.2 Å². The number of carboxylic acid groups (broad SMARTS) is 1. The minimum absolute atomic E-state index is 0.00542. The summed E-state index contributed by atoms with van der Waals surface area (Å²) in [4.78, 5) is 24.5. The van der Waals surface area contributed by atoms with Crippen LogP contribution in [0.3, 0.4) is 0 Å². The lowest BCUT2D eigenvalue weighted by atomic mass is 10.0. The van der Waals surface area contributed by atoms with Crippen LogP contribution in [-0.4, -0.2) is 40.1 Å². The van der Waals surface area contributed by atoms with Crippen LogP contribution in [0.2, 0.25) is 10.2 Å². The van der Waals surface area contributed by atoms with Crippen molar-refractivity contribution in [3.05, 3.63) is 68.2 Å². The van der Waals surface area contributed by atoms with Gasteiger partial charge in [0.1, 0.15) is 5.56 Å². The largest absolute Gasteiger partial charge is 0.477 e. The first kappa shape index (κ1) is 22.1. The molecule has 2 heterocycles. The SMILES string of the molecule is CCn1c(Cn2ccc(Cl)n2)cc(=O)c(C(=O)O)c1-c1ccc(Cl)c(S(C)(=O)=O)c1. The Bertz CT molecular complexity index is 1310. The molecule has 0 fully saturated rings. The molecule has 0 radical (unpaired) electrons. The molecule has 0 aliphatic rings. The number of aromatic carboxylic acids is 1.